The van der Waals surface area contributed by atoms with Gasteiger partial charge in [0.2, 0.25) is 10.0 Å². The van der Waals surface area contributed by atoms with Gasteiger partial charge in [0.1, 0.15) is 0 Å². The van der Waals surface area contributed by atoms with Crippen molar-refractivity contribution in [2.75, 3.05) is 20.2 Å². The third-order valence-corrected chi connectivity index (χ3v) is 5.77. The molecule has 1 aromatic carbocycles. The molecule has 0 saturated carbocycles. The van der Waals surface area contributed by atoms with Gasteiger partial charge in [-0.25, -0.2) is 18.0 Å². The van der Waals surface area contributed by atoms with Crippen LogP contribution in [0.4, 0.5) is 0 Å². The van der Waals surface area contributed by atoms with Gasteiger partial charge in [0.15, 0.2) is 6.10 Å². The lowest BCUT2D eigenvalue weighted by Crippen LogP contribution is -2.35. The lowest BCUT2D eigenvalue weighted by atomic mass is 10.2. The molecule has 0 radical (unpaired) electrons. The zero-order valence-corrected chi connectivity index (χ0v) is 14.5. The number of piperidine rings is 1. The SMILES string of the molecule is COC(=O)[C@@H](C)OC(=O)c1ccc(S(=O)(=O)N2CCCCC2)cc1. The zero-order valence-electron chi connectivity index (χ0n) is 13.7. The first kappa shape index (κ1) is 18.4. The summed E-state index contributed by atoms with van der Waals surface area (Å²) in [6.07, 6.45) is 1.72. The Bertz CT molecular complexity index is 692. The lowest BCUT2D eigenvalue weighted by Gasteiger charge is -2.25. The van der Waals surface area contributed by atoms with Crippen molar-refractivity contribution in [3.05, 3.63) is 29.8 Å². The van der Waals surface area contributed by atoms with Crippen molar-refractivity contribution < 1.29 is 27.5 Å². The Morgan fingerprint density at radius 3 is 2.21 bits per heavy atom. The fourth-order valence-corrected chi connectivity index (χ4v) is 3.98. The number of rotatable bonds is 5. The Labute approximate surface area is 141 Å². The minimum Gasteiger partial charge on any atom is -0.466 e. The summed E-state index contributed by atoms with van der Waals surface area (Å²) in [6.45, 7) is 2.43. The summed E-state index contributed by atoms with van der Waals surface area (Å²) in [5.74, 6) is -1.37. The van der Waals surface area contributed by atoms with Crippen LogP contribution in [0, 0.1) is 0 Å². The summed E-state index contributed by atoms with van der Waals surface area (Å²) in [5.41, 5.74) is 0.170. The molecular formula is C16H21NO6S. The van der Waals surface area contributed by atoms with Crippen molar-refractivity contribution in [3.63, 3.8) is 0 Å². The number of methoxy groups -OCH3 is 1. The van der Waals surface area contributed by atoms with E-state index in [0.29, 0.717) is 13.1 Å². The Morgan fingerprint density at radius 2 is 1.67 bits per heavy atom. The molecule has 0 N–H and O–H groups in total. The molecule has 24 heavy (non-hydrogen) atoms. The van der Waals surface area contributed by atoms with Crippen molar-refractivity contribution in [1.29, 1.82) is 0 Å². The standard InChI is InChI=1S/C16H21NO6S/c1-12(15(18)22-2)23-16(19)13-6-8-14(9-7-13)24(20,21)17-10-4-3-5-11-17/h6-9,12H,3-5,10-11H2,1-2H3/t12-/m1/s1. The third kappa shape index (κ3) is 4.12. The van der Waals surface area contributed by atoms with Gasteiger partial charge in [-0.15, -0.1) is 0 Å². The molecule has 1 aliphatic heterocycles. The highest BCUT2D eigenvalue weighted by molar-refractivity contribution is 7.89. The Morgan fingerprint density at radius 1 is 1.08 bits per heavy atom. The smallest absolute Gasteiger partial charge is 0.346 e. The summed E-state index contributed by atoms with van der Waals surface area (Å²) >= 11 is 0. The number of sulfonamides is 1. The zero-order chi connectivity index (χ0) is 17.7. The van der Waals surface area contributed by atoms with Crippen LogP contribution in [0.15, 0.2) is 29.2 Å². The predicted octanol–water partition coefficient (Wildman–Crippen LogP) is 1.58. The molecule has 1 atom stereocenters. The van der Waals surface area contributed by atoms with Gasteiger partial charge in [-0.1, -0.05) is 6.42 Å². The fraction of sp³-hybridized carbons (Fsp3) is 0.500. The fourth-order valence-electron chi connectivity index (χ4n) is 2.46. The average Bonchev–Trinajstić information content (AvgIpc) is 2.61. The highest BCUT2D eigenvalue weighted by atomic mass is 32.2. The van der Waals surface area contributed by atoms with Crippen molar-refractivity contribution in [2.24, 2.45) is 0 Å². The van der Waals surface area contributed by atoms with Crippen LogP contribution in [-0.4, -0.2) is 51.0 Å². The van der Waals surface area contributed by atoms with Crippen molar-refractivity contribution in [3.8, 4) is 0 Å². The van der Waals surface area contributed by atoms with Crippen LogP contribution in [-0.2, 0) is 24.3 Å². The van der Waals surface area contributed by atoms with E-state index in [9.17, 15) is 18.0 Å². The van der Waals surface area contributed by atoms with Crippen LogP contribution >= 0.6 is 0 Å². The molecule has 0 aliphatic carbocycles. The largest absolute Gasteiger partial charge is 0.466 e. The van der Waals surface area contributed by atoms with Gasteiger partial charge < -0.3 is 9.47 Å². The summed E-state index contributed by atoms with van der Waals surface area (Å²) in [5, 5.41) is 0. The maximum Gasteiger partial charge on any atom is 0.346 e. The van der Waals surface area contributed by atoms with Gasteiger partial charge in [0.25, 0.3) is 0 Å². The molecule has 0 bridgehead atoms. The minimum atomic E-state index is -3.54. The second-order valence-electron chi connectivity index (χ2n) is 5.56. The lowest BCUT2D eigenvalue weighted by molar-refractivity contribution is -0.149. The molecule has 0 spiro atoms. The summed E-state index contributed by atoms with van der Waals surface area (Å²) in [4.78, 5) is 23.3. The van der Waals surface area contributed by atoms with E-state index in [2.05, 4.69) is 4.74 Å². The molecule has 0 amide bonds. The van der Waals surface area contributed by atoms with Crippen LogP contribution in [0.3, 0.4) is 0 Å². The maximum atomic E-state index is 12.5. The van der Waals surface area contributed by atoms with Gasteiger partial charge in [-0.05, 0) is 44.0 Å². The van der Waals surface area contributed by atoms with E-state index in [1.807, 2.05) is 0 Å². The maximum absolute atomic E-state index is 12.5. The number of hydrogen-bond acceptors (Lipinski definition) is 6. The normalized spacial score (nSPS) is 17.1. The second-order valence-corrected chi connectivity index (χ2v) is 7.50. The first-order chi connectivity index (χ1) is 11.4. The quantitative estimate of drug-likeness (QED) is 0.745. The highest BCUT2D eigenvalue weighted by Crippen LogP contribution is 2.21. The average molecular weight is 355 g/mol. The number of carbonyl (C=O) groups is 2. The number of hydrogen-bond donors (Lipinski definition) is 0. The second kappa shape index (κ2) is 7.76. The van der Waals surface area contributed by atoms with Gasteiger partial charge in [-0.2, -0.15) is 4.31 Å². The number of esters is 2. The summed E-state index contributed by atoms with van der Waals surface area (Å²) in [7, 11) is -2.34. The molecule has 2 rings (SSSR count). The topological polar surface area (TPSA) is 90.0 Å². The van der Waals surface area contributed by atoms with E-state index in [1.165, 1.54) is 42.6 Å². The van der Waals surface area contributed by atoms with Gasteiger partial charge in [-0.3, -0.25) is 0 Å². The number of carbonyl (C=O) groups excluding carboxylic acids is 2. The van der Waals surface area contributed by atoms with Crippen LogP contribution in [0.25, 0.3) is 0 Å². The molecule has 1 saturated heterocycles. The summed E-state index contributed by atoms with van der Waals surface area (Å²) < 4.78 is 35.9. The molecule has 1 aliphatic rings. The molecular weight excluding hydrogens is 334 g/mol. The molecule has 1 fully saturated rings. The monoisotopic (exact) mass is 355 g/mol. The van der Waals surface area contributed by atoms with Crippen molar-refractivity contribution in [2.45, 2.75) is 37.2 Å². The van der Waals surface area contributed by atoms with E-state index in [-0.39, 0.29) is 10.5 Å². The number of ether oxygens (including phenoxy) is 2. The molecule has 1 aromatic rings. The van der Waals surface area contributed by atoms with Crippen LogP contribution < -0.4 is 0 Å². The Balaban J connectivity index is 2.09. The third-order valence-electron chi connectivity index (χ3n) is 3.86. The highest BCUT2D eigenvalue weighted by Gasteiger charge is 2.26. The molecule has 132 valence electrons. The van der Waals surface area contributed by atoms with Crippen LogP contribution in [0.5, 0.6) is 0 Å². The van der Waals surface area contributed by atoms with Crippen LogP contribution in [0.1, 0.15) is 36.5 Å². The predicted molar refractivity (Wildman–Crippen MR) is 85.9 cm³/mol. The van der Waals surface area contributed by atoms with E-state index in [0.717, 1.165) is 19.3 Å². The molecule has 7 nitrogen and oxygen atoms in total. The number of benzene rings is 1. The van der Waals surface area contributed by atoms with E-state index in [1.54, 1.807) is 0 Å². The van der Waals surface area contributed by atoms with Gasteiger partial charge >= 0.3 is 11.9 Å². The molecule has 0 aromatic heterocycles. The Kier molecular flexibility index (Phi) is 5.95. The minimum absolute atomic E-state index is 0.141. The molecule has 1 heterocycles. The first-order valence-corrected chi connectivity index (χ1v) is 9.19. The van der Waals surface area contributed by atoms with Gasteiger partial charge in [0.05, 0.1) is 17.6 Å². The van der Waals surface area contributed by atoms with Crippen LogP contribution in [0.2, 0.25) is 0 Å². The summed E-state index contributed by atoms with van der Waals surface area (Å²) in [6, 6.07) is 5.51. The van der Waals surface area contributed by atoms with Crippen molar-refractivity contribution >= 4 is 22.0 Å². The molecule has 0 unspecified atom stereocenters. The van der Waals surface area contributed by atoms with Crippen molar-refractivity contribution in [1.82, 2.24) is 4.31 Å². The van der Waals surface area contributed by atoms with E-state index < -0.39 is 28.1 Å². The Hall–Kier alpha value is -1.93. The van der Waals surface area contributed by atoms with E-state index >= 15 is 0 Å². The van der Waals surface area contributed by atoms with E-state index in [4.69, 9.17) is 4.74 Å². The van der Waals surface area contributed by atoms with Gasteiger partial charge in [0, 0.05) is 13.1 Å². The first-order valence-electron chi connectivity index (χ1n) is 7.75. The number of nitrogens with zero attached hydrogens (tertiary/aromatic N) is 1. The molecule has 8 heteroatoms.